The summed E-state index contributed by atoms with van der Waals surface area (Å²) in [5.41, 5.74) is 1.72. The van der Waals surface area contributed by atoms with E-state index in [-0.39, 0.29) is 17.5 Å². The third-order valence-electron chi connectivity index (χ3n) is 2.82. The van der Waals surface area contributed by atoms with Crippen molar-refractivity contribution in [3.63, 3.8) is 0 Å². The van der Waals surface area contributed by atoms with Crippen molar-refractivity contribution in [2.75, 3.05) is 0 Å². The first kappa shape index (κ1) is 13.9. The molecule has 0 spiro atoms. The molecule has 0 aromatic carbocycles. The van der Waals surface area contributed by atoms with Gasteiger partial charge < -0.3 is 9.36 Å². The summed E-state index contributed by atoms with van der Waals surface area (Å²) in [6.07, 6.45) is 4.46. The van der Waals surface area contributed by atoms with Gasteiger partial charge in [-0.3, -0.25) is 4.79 Å². The summed E-state index contributed by atoms with van der Waals surface area (Å²) in [6, 6.07) is 1.38. The highest BCUT2D eigenvalue weighted by Crippen LogP contribution is 2.19. The van der Waals surface area contributed by atoms with Crippen molar-refractivity contribution in [1.29, 1.82) is 0 Å². The van der Waals surface area contributed by atoms with Crippen LogP contribution in [0.25, 0.3) is 0 Å². The molecule has 1 aromatic heterocycles. The Hall–Kier alpha value is -2.50. The number of aromatic nitrogens is 1. The molecule has 104 valence electrons. The van der Waals surface area contributed by atoms with Crippen LogP contribution in [0, 0.1) is 5.92 Å². The second-order valence-electron chi connectivity index (χ2n) is 4.68. The van der Waals surface area contributed by atoms with Crippen molar-refractivity contribution >= 4 is 17.5 Å². The Morgan fingerprint density at radius 1 is 1.40 bits per heavy atom. The van der Waals surface area contributed by atoms with Crippen molar-refractivity contribution in [2.24, 2.45) is 11.1 Å². The van der Waals surface area contributed by atoms with Gasteiger partial charge >= 0.3 is 5.97 Å². The maximum Gasteiger partial charge on any atom is 0.403 e. The molecule has 1 aliphatic carbocycles. The Morgan fingerprint density at radius 2 is 2.15 bits per heavy atom. The number of hydrogen-bond donors (Lipinski definition) is 0. The van der Waals surface area contributed by atoms with Crippen molar-refractivity contribution in [3.05, 3.63) is 41.3 Å². The molecule has 1 heterocycles. The number of carbonyl (C=O) groups is 2. The van der Waals surface area contributed by atoms with E-state index in [1.807, 2.05) is 13.8 Å². The van der Waals surface area contributed by atoms with Crippen LogP contribution in [0.15, 0.2) is 45.2 Å². The van der Waals surface area contributed by atoms with E-state index in [0.717, 1.165) is 0 Å². The number of oxime groups is 1. The molecule has 0 saturated heterocycles. The predicted molar refractivity (Wildman–Crippen MR) is 71.0 cm³/mol. The first-order valence-electron chi connectivity index (χ1n) is 6.13. The van der Waals surface area contributed by atoms with Gasteiger partial charge in [-0.2, -0.15) is 0 Å². The van der Waals surface area contributed by atoms with E-state index in [9.17, 15) is 9.59 Å². The van der Waals surface area contributed by atoms with Crippen LogP contribution in [0.3, 0.4) is 0 Å². The van der Waals surface area contributed by atoms with Crippen LogP contribution < -0.4 is 0 Å². The lowest BCUT2D eigenvalue weighted by molar-refractivity contribution is -0.111. The number of allylic oxidation sites excluding steroid dienone is 4. The number of rotatable bonds is 3. The van der Waals surface area contributed by atoms with E-state index < -0.39 is 5.97 Å². The highest BCUT2D eigenvalue weighted by atomic mass is 16.7. The molecule has 0 fully saturated rings. The van der Waals surface area contributed by atoms with E-state index >= 15 is 0 Å². The number of hydrogen-bond acceptors (Lipinski definition) is 6. The molecule has 2 rings (SSSR count). The van der Waals surface area contributed by atoms with Crippen molar-refractivity contribution in [1.82, 2.24) is 5.16 Å². The topological polar surface area (TPSA) is 81.8 Å². The molecule has 1 aromatic rings. The predicted octanol–water partition coefficient (Wildman–Crippen LogP) is 2.30. The van der Waals surface area contributed by atoms with Gasteiger partial charge in [0.2, 0.25) is 5.76 Å². The molecule has 0 saturated carbocycles. The van der Waals surface area contributed by atoms with Crippen molar-refractivity contribution < 1.29 is 18.9 Å². The van der Waals surface area contributed by atoms with Gasteiger partial charge in [0.1, 0.15) is 5.71 Å². The number of carbonyl (C=O) groups excluding carboxylic acids is 2. The molecule has 0 bridgehead atoms. The van der Waals surface area contributed by atoms with E-state index in [1.54, 1.807) is 13.0 Å². The van der Waals surface area contributed by atoms with Gasteiger partial charge in [-0.25, -0.2) is 4.79 Å². The van der Waals surface area contributed by atoms with Crippen LogP contribution in [0.5, 0.6) is 0 Å². The zero-order valence-corrected chi connectivity index (χ0v) is 11.4. The fourth-order valence-corrected chi connectivity index (χ4v) is 1.69. The van der Waals surface area contributed by atoms with Gasteiger partial charge in [0, 0.05) is 11.6 Å². The molecule has 6 nitrogen and oxygen atoms in total. The van der Waals surface area contributed by atoms with E-state index in [2.05, 4.69) is 14.8 Å². The maximum atomic E-state index is 11.8. The summed E-state index contributed by atoms with van der Waals surface area (Å²) in [4.78, 5) is 28.1. The van der Waals surface area contributed by atoms with Crippen molar-refractivity contribution in [3.8, 4) is 0 Å². The zero-order valence-electron chi connectivity index (χ0n) is 11.4. The Bertz CT molecular complexity index is 622. The third kappa shape index (κ3) is 2.90. The van der Waals surface area contributed by atoms with Gasteiger partial charge in [-0.05, 0) is 30.6 Å². The molecule has 0 aliphatic heterocycles. The first-order valence-corrected chi connectivity index (χ1v) is 6.13. The Labute approximate surface area is 115 Å². The van der Waals surface area contributed by atoms with Gasteiger partial charge in [0.25, 0.3) is 0 Å². The van der Waals surface area contributed by atoms with Crippen LogP contribution in [0.4, 0.5) is 0 Å². The zero-order chi connectivity index (χ0) is 14.7. The van der Waals surface area contributed by atoms with Crippen LogP contribution in [-0.2, 0) is 9.63 Å². The molecule has 0 N–H and O–H groups in total. The Balaban J connectivity index is 2.18. The quantitative estimate of drug-likeness (QED) is 0.480. The molecule has 6 heteroatoms. The van der Waals surface area contributed by atoms with Gasteiger partial charge in [0.05, 0.1) is 6.20 Å². The normalized spacial score (nSPS) is 17.2. The van der Waals surface area contributed by atoms with Gasteiger partial charge in [-0.15, -0.1) is 0 Å². The van der Waals surface area contributed by atoms with E-state index in [0.29, 0.717) is 16.9 Å². The summed E-state index contributed by atoms with van der Waals surface area (Å²) in [6.45, 7) is 5.55. The summed E-state index contributed by atoms with van der Waals surface area (Å²) >= 11 is 0. The molecule has 1 aliphatic rings. The molecule has 20 heavy (non-hydrogen) atoms. The van der Waals surface area contributed by atoms with Gasteiger partial charge in [-0.1, -0.05) is 24.2 Å². The molecule has 0 radical (unpaired) electrons. The lowest BCUT2D eigenvalue weighted by Gasteiger charge is -2.14. The van der Waals surface area contributed by atoms with E-state index in [1.165, 1.54) is 18.3 Å². The fraction of sp³-hybridized carbons (Fsp3) is 0.286. The first-order chi connectivity index (χ1) is 9.49. The van der Waals surface area contributed by atoms with Crippen LogP contribution in [0.1, 0.15) is 31.3 Å². The highest BCUT2D eigenvalue weighted by molar-refractivity contribution is 6.21. The fourth-order valence-electron chi connectivity index (χ4n) is 1.69. The SMILES string of the molecule is CC1=CC(=O)C(C(C)C)=C/C1=N\OC(=O)c1ccno1. The number of ketones is 1. The highest BCUT2D eigenvalue weighted by Gasteiger charge is 2.20. The maximum absolute atomic E-state index is 11.8. The van der Waals surface area contributed by atoms with Gasteiger partial charge in [0.15, 0.2) is 5.78 Å². The minimum Gasteiger partial charge on any atom is -0.349 e. The van der Waals surface area contributed by atoms with Crippen molar-refractivity contribution in [2.45, 2.75) is 20.8 Å². The molecule has 0 atom stereocenters. The minimum atomic E-state index is -0.737. The lowest BCUT2D eigenvalue weighted by atomic mass is 9.90. The minimum absolute atomic E-state index is 0.0315. The molecule has 0 amide bonds. The van der Waals surface area contributed by atoms with Crippen LogP contribution >= 0.6 is 0 Å². The largest absolute Gasteiger partial charge is 0.403 e. The summed E-state index contributed by atoms with van der Waals surface area (Å²) in [7, 11) is 0. The number of nitrogens with zero attached hydrogens (tertiary/aromatic N) is 2. The van der Waals surface area contributed by atoms with E-state index in [4.69, 9.17) is 4.84 Å². The average molecular weight is 274 g/mol. The molecular weight excluding hydrogens is 260 g/mol. The summed E-state index contributed by atoms with van der Waals surface area (Å²) < 4.78 is 4.66. The lowest BCUT2D eigenvalue weighted by Crippen LogP contribution is -2.16. The van der Waals surface area contributed by atoms with Crippen LogP contribution in [0.2, 0.25) is 0 Å². The average Bonchev–Trinajstić information content (AvgIpc) is 2.90. The molecule has 0 unspecified atom stereocenters. The monoisotopic (exact) mass is 274 g/mol. The summed E-state index contributed by atoms with van der Waals surface area (Å²) in [5.74, 6) is -0.741. The standard InChI is InChI=1S/C14H14N2O4/c1-8(2)10-7-11(9(3)6-12(10)17)16-20-14(18)13-4-5-15-19-13/h4-8H,1-3H3/b16-11+. The smallest absolute Gasteiger partial charge is 0.349 e. The Morgan fingerprint density at radius 3 is 2.75 bits per heavy atom. The Kier molecular flexibility index (Phi) is 3.93. The third-order valence-corrected chi connectivity index (χ3v) is 2.82. The summed E-state index contributed by atoms with van der Waals surface area (Å²) in [5, 5.41) is 7.18. The second kappa shape index (κ2) is 5.64. The molecular formula is C14H14N2O4. The van der Waals surface area contributed by atoms with Crippen LogP contribution in [-0.4, -0.2) is 22.6 Å². The second-order valence-corrected chi connectivity index (χ2v) is 4.68.